The van der Waals surface area contributed by atoms with Gasteiger partial charge < -0.3 is 33.6 Å². The van der Waals surface area contributed by atoms with E-state index in [2.05, 4.69) is 9.97 Å². The number of aromatic nitrogens is 4. The highest BCUT2D eigenvalue weighted by molar-refractivity contribution is 5.93. The second kappa shape index (κ2) is 30.9. The predicted octanol–water partition coefficient (Wildman–Crippen LogP) is 16.3. The van der Waals surface area contributed by atoms with Crippen LogP contribution in [0.5, 0.6) is 17.2 Å². The molecule has 99 heavy (non-hydrogen) atoms. The minimum atomic E-state index is -4.92. The van der Waals surface area contributed by atoms with Crippen molar-refractivity contribution in [3.8, 4) is 17.2 Å². The Morgan fingerprint density at radius 2 is 0.818 bits per heavy atom. The Bertz CT molecular complexity index is 4890. The van der Waals surface area contributed by atoms with Gasteiger partial charge in [0.25, 0.3) is 11.1 Å². The SMILES string of the molecule is O=C(O)c1cccc(C(F)(F)F)c1F.O=C(OCc1ccccc1)c1cccc(C(F)(F)F)c1F.O=C(OCc1ccccc1)c1cccc(C(F)(F)F)c1Oc1ccc2c(c1)c(=O)ncn2Cc1c(F)cc(F)cc1F.O=c1ncn(Cc2c(F)cc(F)cc2F)c2ccc(O)cc12. The van der Waals surface area contributed by atoms with Gasteiger partial charge in [0.1, 0.15) is 76.8 Å². The molecule has 512 valence electrons. The summed E-state index contributed by atoms with van der Waals surface area (Å²) in [7, 11) is 0. The van der Waals surface area contributed by atoms with Gasteiger partial charge in [-0.3, -0.25) is 9.59 Å². The summed E-state index contributed by atoms with van der Waals surface area (Å²) in [5.74, 6) is -15.0. The number of phenols is 1. The highest BCUT2D eigenvalue weighted by atomic mass is 19.4. The molecule has 0 fully saturated rings. The number of aromatic hydroxyl groups is 1. The van der Waals surface area contributed by atoms with Crippen molar-refractivity contribution in [1.82, 2.24) is 19.1 Å². The number of phenolic OH excluding ortho intramolecular Hbond substituents is 1. The fourth-order valence-corrected chi connectivity index (χ4v) is 9.07. The lowest BCUT2D eigenvalue weighted by atomic mass is 10.1. The lowest BCUT2D eigenvalue weighted by molar-refractivity contribution is -0.140. The van der Waals surface area contributed by atoms with E-state index in [4.69, 9.17) is 19.3 Å². The molecule has 0 aliphatic rings. The average Bonchev–Trinajstić information content (AvgIpc) is 0.785. The van der Waals surface area contributed by atoms with Crippen LogP contribution in [0.1, 0.15) is 70.0 Å². The standard InChI is InChI=1S/C30H18F6N2O4.C15H10F4O2.C15H9F3N2O2.C8H4F4O2/c31-18-11-24(32)22(25(33)12-18)14-38-16-37-28(39)21-13-19(9-10-26(21)38)42-27-20(7-4-8-23(27)30(34,35)36)29(40)41-15-17-5-2-1-3-6-17;16-13-11(7-4-8-12(13)15(17,18)19)14(20)21-9-10-5-2-1-3-6-10;16-8-3-12(17)11(13(18)4-8)6-20-7-19-15(22)10-5-9(21)1-2-14(10)20;9-6-4(7(13)14)2-1-3-5(6)8(10,11)12/h1-13,16H,14-15H2;1-8H,9H2;1-5,7,21H,6H2;1-3H,(H,13,14). The smallest absolute Gasteiger partial charge is 0.420 e. The van der Waals surface area contributed by atoms with E-state index >= 15 is 0 Å². The monoisotopic (exact) mass is 1400 g/mol. The molecule has 11 aromatic rings. The normalized spacial score (nSPS) is 11.3. The summed E-state index contributed by atoms with van der Waals surface area (Å²) in [5, 5.41) is 17.7. The predicted molar refractivity (Wildman–Crippen MR) is 317 cm³/mol. The minimum Gasteiger partial charge on any atom is -0.508 e. The third kappa shape index (κ3) is 18.4. The number of aromatic carboxylic acids is 1. The van der Waals surface area contributed by atoms with Crippen LogP contribution in [0.15, 0.2) is 198 Å². The first kappa shape index (κ1) is 72.9. The lowest BCUT2D eigenvalue weighted by Gasteiger charge is -2.18. The van der Waals surface area contributed by atoms with Crippen molar-refractivity contribution >= 4 is 39.7 Å². The van der Waals surface area contributed by atoms with Crippen LogP contribution in [0.3, 0.4) is 0 Å². The molecule has 0 bridgehead atoms. The fraction of sp³-hybridized carbons (Fsp3) is 0.103. The van der Waals surface area contributed by atoms with Gasteiger partial charge in [0.2, 0.25) is 0 Å². The molecule has 0 unspecified atom stereocenters. The van der Waals surface area contributed by atoms with E-state index < -0.39 is 145 Å². The maximum Gasteiger partial charge on any atom is 0.420 e. The topological polar surface area (TPSA) is 189 Å². The van der Waals surface area contributed by atoms with Crippen LogP contribution in [-0.4, -0.2) is 47.2 Å². The molecule has 14 nitrogen and oxygen atoms in total. The van der Waals surface area contributed by atoms with Crippen LogP contribution < -0.4 is 15.9 Å². The summed E-state index contributed by atoms with van der Waals surface area (Å²) < 4.78 is 243. The Kier molecular flexibility index (Phi) is 22.7. The molecule has 2 aromatic heterocycles. The number of fused-ring (bicyclic) bond motifs is 2. The van der Waals surface area contributed by atoms with Gasteiger partial charge in [-0.2, -0.15) is 49.5 Å². The maximum absolute atomic E-state index is 14.2. The number of esters is 2. The van der Waals surface area contributed by atoms with E-state index in [1.54, 1.807) is 60.7 Å². The fourth-order valence-electron chi connectivity index (χ4n) is 9.07. The maximum atomic E-state index is 14.2. The second-order valence-electron chi connectivity index (χ2n) is 20.5. The Hall–Kier alpha value is -11.9. The molecule has 0 atom stereocenters. The van der Waals surface area contributed by atoms with Gasteiger partial charge in [0.15, 0.2) is 5.75 Å². The van der Waals surface area contributed by atoms with Crippen LogP contribution in [0.4, 0.5) is 74.6 Å². The van der Waals surface area contributed by atoms with Crippen molar-refractivity contribution in [2.75, 3.05) is 0 Å². The summed E-state index contributed by atoms with van der Waals surface area (Å²) in [6.07, 6.45) is -12.5. The molecule has 11 rings (SSSR count). The molecule has 31 heteroatoms. The van der Waals surface area contributed by atoms with Crippen molar-refractivity contribution in [3.05, 3.63) is 311 Å². The van der Waals surface area contributed by atoms with E-state index in [9.17, 15) is 104 Å². The zero-order chi connectivity index (χ0) is 72.3. The molecule has 2 heterocycles. The number of benzene rings is 9. The van der Waals surface area contributed by atoms with Crippen molar-refractivity contribution in [1.29, 1.82) is 0 Å². The van der Waals surface area contributed by atoms with Crippen molar-refractivity contribution < 1.29 is 113 Å². The lowest BCUT2D eigenvalue weighted by Crippen LogP contribution is -2.15. The largest absolute Gasteiger partial charge is 0.508 e. The summed E-state index contributed by atoms with van der Waals surface area (Å²) in [6.45, 7) is -1.09. The average molecular weight is 1400 g/mol. The van der Waals surface area contributed by atoms with Gasteiger partial charge in [-0.1, -0.05) is 78.9 Å². The Labute approximate surface area is 544 Å². The second-order valence-corrected chi connectivity index (χ2v) is 20.5. The van der Waals surface area contributed by atoms with Crippen LogP contribution >= 0.6 is 0 Å². The summed E-state index contributed by atoms with van der Waals surface area (Å²) in [5.41, 5.74) is -7.05. The van der Waals surface area contributed by atoms with Gasteiger partial charge in [-0.15, -0.1) is 0 Å². The number of rotatable bonds is 13. The summed E-state index contributed by atoms with van der Waals surface area (Å²) >= 11 is 0. The first-order valence-corrected chi connectivity index (χ1v) is 27.9. The third-order valence-electron chi connectivity index (χ3n) is 13.8. The van der Waals surface area contributed by atoms with E-state index in [1.165, 1.54) is 39.5 Å². The van der Waals surface area contributed by atoms with E-state index in [1.807, 2.05) is 0 Å². The molecule has 0 amide bonds. The van der Waals surface area contributed by atoms with E-state index in [0.29, 0.717) is 53.0 Å². The molecule has 0 saturated carbocycles. The van der Waals surface area contributed by atoms with Crippen LogP contribution in [0.25, 0.3) is 21.8 Å². The molecule has 0 spiro atoms. The quantitative estimate of drug-likeness (QED) is 0.0822. The van der Waals surface area contributed by atoms with Gasteiger partial charge in [0.05, 0.1) is 75.4 Å². The Morgan fingerprint density at radius 3 is 1.25 bits per heavy atom. The zero-order valence-corrected chi connectivity index (χ0v) is 49.6. The first-order valence-electron chi connectivity index (χ1n) is 27.9. The number of ether oxygens (including phenoxy) is 3. The number of para-hydroxylation sites is 1. The summed E-state index contributed by atoms with van der Waals surface area (Å²) in [6, 6.07) is 34.3. The number of alkyl halides is 9. The molecule has 9 aromatic carbocycles. The molecule has 0 saturated heterocycles. The molecule has 0 aliphatic heterocycles. The van der Waals surface area contributed by atoms with Crippen LogP contribution in [0.2, 0.25) is 0 Å². The number of carbonyl (C=O) groups excluding carboxylic acids is 2. The highest BCUT2D eigenvalue weighted by Crippen LogP contribution is 2.41. The van der Waals surface area contributed by atoms with Gasteiger partial charge in [0, 0.05) is 35.4 Å². The van der Waals surface area contributed by atoms with E-state index in [0.717, 1.165) is 61.2 Å². The van der Waals surface area contributed by atoms with Gasteiger partial charge in [-0.25, -0.2) is 49.5 Å². The van der Waals surface area contributed by atoms with E-state index in [-0.39, 0.29) is 53.1 Å². The molecule has 2 N–H and O–H groups in total. The van der Waals surface area contributed by atoms with Gasteiger partial charge >= 0.3 is 36.4 Å². The first-order chi connectivity index (χ1) is 46.7. The number of halogens is 17. The number of carbonyl (C=O) groups is 3. The molecule has 0 radical (unpaired) electrons. The van der Waals surface area contributed by atoms with Crippen LogP contribution in [0, 0.1) is 46.5 Å². The molecular weight excluding hydrogens is 1360 g/mol. The zero-order valence-electron chi connectivity index (χ0n) is 49.6. The minimum absolute atomic E-state index is 0.108. The van der Waals surface area contributed by atoms with Gasteiger partial charge in [-0.05, 0) is 83.9 Å². The third-order valence-corrected chi connectivity index (χ3v) is 13.8. The number of nitrogens with zero attached hydrogens (tertiary/aromatic N) is 4. The van der Waals surface area contributed by atoms with Crippen molar-refractivity contribution in [2.24, 2.45) is 0 Å². The number of hydrogen-bond acceptors (Lipinski definition) is 11. The molecule has 0 aliphatic carbocycles. The molecular formula is C68H41F17N4O10. The van der Waals surface area contributed by atoms with Crippen molar-refractivity contribution in [3.63, 3.8) is 0 Å². The Morgan fingerprint density at radius 1 is 0.434 bits per heavy atom. The highest BCUT2D eigenvalue weighted by Gasteiger charge is 2.39. The van der Waals surface area contributed by atoms with Crippen LogP contribution in [-0.2, 0) is 54.3 Å². The number of hydrogen-bond donors (Lipinski definition) is 2. The summed E-state index contributed by atoms with van der Waals surface area (Å²) in [4.78, 5) is 66.3. The Balaban J connectivity index is 0.000000184. The number of carboxylic acids is 1. The number of carboxylic acid groups (broad SMARTS) is 1. The van der Waals surface area contributed by atoms with Crippen molar-refractivity contribution in [2.45, 2.75) is 44.8 Å².